The number of benzene rings is 2. The zero-order valence-electron chi connectivity index (χ0n) is 21.1. The van der Waals surface area contributed by atoms with E-state index in [1.54, 1.807) is 29.4 Å². The number of anilines is 3. The second-order valence-electron chi connectivity index (χ2n) is 9.43. The summed E-state index contributed by atoms with van der Waals surface area (Å²) in [5.41, 5.74) is 3.53. The van der Waals surface area contributed by atoms with E-state index in [0.717, 1.165) is 43.3 Å². The van der Waals surface area contributed by atoms with Gasteiger partial charge in [-0.15, -0.1) is 0 Å². The molecule has 2 aromatic carbocycles. The number of hydrogen-bond acceptors (Lipinski definition) is 6. The van der Waals surface area contributed by atoms with Gasteiger partial charge in [0.25, 0.3) is 0 Å². The quantitative estimate of drug-likeness (QED) is 0.332. The number of nitrogens with zero attached hydrogens (tertiary/aromatic N) is 5. The van der Waals surface area contributed by atoms with Gasteiger partial charge >= 0.3 is 6.18 Å². The summed E-state index contributed by atoms with van der Waals surface area (Å²) in [5, 5.41) is 2.96. The van der Waals surface area contributed by atoms with E-state index in [2.05, 4.69) is 37.3 Å². The number of pyridine rings is 1. The fourth-order valence-corrected chi connectivity index (χ4v) is 4.56. The number of hydrogen-bond donors (Lipinski definition) is 1. The SMILES string of the molecule is CN1CCN(c2ccc(Nc3nccc(-c4ccnc(CCc5ccccc5)c4)n3)cc2C(F)(F)F)CC1. The van der Waals surface area contributed by atoms with E-state index >= 15 is 0 Å². The van der Waals surface area contributed by atoms with Crippen molar-refractivity contribution in [2.24, 2.45) is 0 Å². The highest BCUT2D eigenvalue weighted by Gasteiger charge is 2.35. The summed E-state index contributed by atoms with van der Waals surface area (Å²) < 4.78 is 42.0. The van der Waals surface area contributed by atoms with Crippen LogP contribution >= 0.6 is 0 Å². The molecule has 1 fully saturated rings. The maximum atomic E-state index is 14.0. The van der Waals surface area contributed by atoms with Crippen LogP contribution in [-0.2, 0) is 19.0 Å². The molecule has 2 aromatic heterocycles. The minimum atomic E-state index is -4.48. The molecule has 1 saturated heterocycles. The first-order chi connectivity index (χ1) is 18.3. The van der Waals surface area contributed by atoms with Gasteiger partial charge < -0.3 is 15.1 Å². The van der Waals surface area contributed by atoms with Gasteiger partial charge in [0.15, 0.2) is 0 Å². The van der Waals surface area contributed by atoms with Crippen molar-refractivity contribution in [3.8, 4) is 11.3 Å². The Morgan fingerprint density at radius 1 is 0.842 bits per heavy atom. The third kappa shape index (κ3) is 6.28. The summed E-state index contributed by atoms with van der Waals surface area (Å²) in [5.74, 6) is 0.227. The Morgan fingerprint density at radius 3 is 2.37 bits per heavy atom. The second-order valence-corrected chi connectivity index (χ2v) is 9.43. The van der Waals surface area contributed by atoms with Crippen LogP contribution in [0.5, 0.6) is 0 Å². The molecular weight excluding hydrogens is 489 g/mol. The van der Waals surface area contributed by atoms with Crippen LogP contribution in [0.15, 0.2) is 79.1 Å². The van der Waals surface area contributed by atoms with Gasteiger partial charge in [0.2, 0.25) is 5.95 Å². The van der Waals surface area contributed by atoms with Crippen molar-refractivity contribution in [2.75, 3.05) is 43.4 Å². The first kappa shape index (κ1) is 25.7. The van der Waals surface area contributed by atoms with Crippen molar-refractivity contribution in [1.29, 1.82) is 0 Å². The molecule has 196 valence electrons. The molecule has 1 aliphatic heterocycles. The van der Waals surface area contributed by atoms with E-state index in [1.807, 2.05) is 37.4 Å². The molecule has 0 aliphatic carbocycles. The van der Waals surface area contributed by atoms with Gasteiger partial charge in [0.05, 0.1) is 11.3 Å². The van der Waals surface area contributed by atoms with Crippen LogP contribution in [0.1, 0.15) is 16.8 Å². The normalized spacial score (nSPS) is 14.5. The molecule has 5 rings (SSSR count). The number of alkyl halides is 3. The molecule has 0 saturated carbocycles. The number of aryl methyl sites for hydroxylation is 2. The van der Waals surface area contributed by atoms with E-state index in [9.17, 15) is 13.2 Å². The Bertz CT molecular complexity index is 1370. The molecule has 0 radical (unpaired) electrons. The third-order valence-electron chi connectivity index (χ3n) is 6.68. The molecular formula is C29H29F3N6. The van der Waals surface area contributed by atoms with Crippen molar-refractivity contribution < 1.29 is 13.2 Å². The van der Waals surface area contributed by atoms with Crippen molar-refractivity contribution >= 4 is 17.3 Å². The predicted molar refractivity (Wildman–Crippen MR) is 144 cm³/mol. The Hall–Kier alpha value is -3.98. The van der Waals surface area contributed by atoms with Crippen LogP contribution in [0.2, 0.25) is 0 Å². The van der Waals surface area contributed by atoms with E-state index < -0.39 is 11.7 Å². The van der Waals surface area contributed by atoms with Crippen LogP contribution in [0.3, 0.4) is 0 Å². The van der Waals surface area contributed by atoms with Crippen molar-refractivity contribution in [1.82, 2.24) is 19.9 Å². The van der Waals surface area contributed by atoms with Gasteiger partial charge in [-0.25, -0.2) is 9.97 Å². The molecule has 38 heavy (non-hydrogen) atoms. The first-order valence-corrected chi connectivity index (χ1v) is 12.6. The Balaban J connectivity index is 1.34. The Morgan fingerprint density at radius 2 is 1.61 bits per heavy atom. The molecule has 0 spiro atoms. The molecule has 3 heterocycles. The van der Waals surface area contributed by atoms with Gasteiger partial charge in [-0.3, -0.25) is 4.98 Å². The third-order valence-corrected chi connectivity index (χ3v) is 6.68. The maximum Gasteiger partial charge on any atom is 0.418 e. The number of likely N-dealkylation sites (N-methyl/N-ethyl adjacent to an activating group) is 1. The zero-order valence-corrected chi connectivity index (χ0v) is 21.1. The molecule has 6 nitrogen and oxygen atoms in total. The van der Waals surface area contributed by atoms with Crippen LogP contribution in [-0.4, -0.2) is 53.1 Å². The number of nitrogens with one attached hydrogen (secondary N) is 1. The molecule has 0 amide bonds. The Labute approximate surface area is 220 Å². The highest BCUT2D eigenvalue weighted by molar-refractivity contribution is 5.66. The second kappa shape index (κ2) is 11.2. The average Bonchev–Trinajstić information content (AvgIpc) is 2.93. The standard InChI is InChI=1S/C29H29F3N6/c1-37-15-17-38(18-16-37)27-10-9-24(20-25(27)29(30,31)32)35-28-34-14-12-26(36-28)22-11-13-33-23(19-22)8-7-21-5-3-2-4-6-21/h2-6,9-14,19-20H,7-8,15-18H2,1H3,(H,34,35,36). The van der Waals surface area contributed by atoms with E-state index in [0.29, 0.717) is 18.8 Å². The van der Waals surface area contributed by atoms with Crippen LogP contribution in [0.25, 0.3) is 11.3 Å². The van der Waals surface area contributed by atoms with Crippen LogP contribution < -0.4 is 10.2 Å². The summed E-state index contributed by atoms with van der Waals surface area (Å²) in [7, 11) is 1.97. The largest absolute Gasteiger partial charge is 0.418 e. The molecule has 9 heteroatoms. The number of piperazine rings is 1. The summed E-state index contributed by atoms with van der Waals surface area (Å²) >= 11 is 0. The number of aromatic nitrogens is 3. The van der Waals surface area contributed by atoms with Crippen molar-refractivity contribution in [3.63, 3.8) is 0 Å². The maximum absolute atomic E-state index is 14.0. The molecule has 0 atom stereocenters. The van der Waals surface area contributed by atoms with E-state index in [-0.39, 0.29) is 17.3 Å². The lowest BCUT2D eigenvalue weighted by molar-refractivity contribution is -0.137. The average molecular weight is 519 g/mol. The van der Waals surface area contributed by atoms with Crippen LogP contribution in [0, 0.1) is 0 Å². The summed E-state index contributed by atoms with van der Waals surface area (Å²) in [6.45, 7) is 2.55. The lowest BCUT2D eigenvalue weighted by Gasteiger charge is -2.35. The van der Waals surface area contributed by atoms with E-state index in [4.69, 9.17) is 0 Å². The number of rotatable bonds is 7. The summed E-state index contributed by atoms with van der Waals surface area (Å²) in [6, 6.07) is 20.2. The highest BCUT2D eigenvalue weighted by atomic mass is 19.4. The van der Waals surface area contributed by atoms with Gasteiger partial charge in [-0.05, 0) is 61.9 Å². The molecule has 1 N–H and O–H groups in total. The summed E-state index contributed by atoms with van der Waals surface area (Å²) in [6.07, 6.45) is 0.523. The lowest BCUT2D eigenvalue weighted by atomic mass is 10.1. The fourth-order valence-electron chi connectivity index (χ4n) is 4.56. The monoisotopic (exact) mass is 518 g/mol. The van der Waals surface area contributed by atoms with Crippen molar-refractivity contribution in [2.45, 2.75) is 19.0 Å². The minimum Gasteiger partial charge on any atom is -0.368 e. The summed E-state index contributed by atoms with van der Waals surface area (Å²) in [4.78, 5) is 17.2. The van der Waals surface area contributed by atoms with Gasteiger partial charge in [0.1, 0.15) is 0 Å². The predicted octanol–water partition coefficient (Wildman–Crippen LogP) is 5.84. The molecule has 4 aromatic rings. The fraction of sp³-hybridized carbons (Fsp3) is 0.276. The zero-order chi connectivity index (χ0) is 26.5. The van der Waals surface area contributed by atoms with Gasteiger partial charge in [0, 0.05) is 61.2 Å². The first-order valence-electron chi connectivity index (χ1n) is 12.6. The smallest absolute Gasteiger partial charge is 0.368 e. The molecule has 0 unspecified atom stereocenters. The topological polar surface area (TPSA) is 57.2 Å². The van der Waals surface area contributed by atoms with E-state index in [1.165, 1.54) is 11.6 Å². The van der Waals surface area contributed by atoms with Gasteiger partial charge in [-0.1, -0.05) is 30.3 Å². The van der Waals surface area contributed by atoms with Crippen molar-refractivity contribution in [3.05, 3.63) is 95.9 Å². The number of halogens is 3. The molecule has 1 aliphatic rings. The Kier molecular flexibility index (Phi) is 7.55. The minimum absolute atomic E-state index is 0.200. The lowest BCUT2D eigenvalue weighted by Crippen LogP contribution is -2.45. The highest BCUT2D eigenvalue weighted by Crippen LogP contribution is 2.39. The molecule has 0 bridgehead atoms. The van der Waals surface area contributed by atoms with Gasteiger partial charge in [-0.2, -0.15) is 13.2 Å². The van der Waals surface area contributed by atoms with Crippen LogP contribution in [0.4, 0.5) is 30.5 Å².